The Balaban J connectivity index is 1.32. The van der Waals surface area contributed by atoms with E-state index in [-0.39, 0.29) is 5.82 Å². The third kappa shape index (κ3) is 5.45. The molecule has 1 aliphatic rings. The van der Waals surface area contributed by atoms with Crippen LogP contribution in [0.3, 0.4) is 0 Å². The van der Waals surface area contributed by atoms with Crippen molar-refractivity contribution < 1.29 is 9.13 Å². The smallest absolute Gasteiger partial charge is 0.127 e. The minimum Gasteiger partial charge on any atom is -0.497 e. The van der Waals surface area contributed by atoms with E-state index in [4.69, 9.17) is 9.72 Å². The molecule has 1 aliphatic heterocycles. The Morgan fingerprint density at radius 1 is 0.833 bits per heavy atom. The summed E-state index contributed by atoms with van der Waals surface area (Å²) < 4.78 is 22.1. The van der Waals surface area contributed by atoms with Gasteiger partial charge in [0.05, 0.1) is 24.7 Å². The summed E-state index contributed by atoms with van der Waals surface area (Å²) in [5.74, 6) is 1.63. The molecule has 1 aromatic heterocycles. The van der Waals surface area contributed by atoms with Crippen LogP contribution in [0, 0.1) is 19.7 Å². The van der Waals surface area contributed by atoms with Crippen molar-refractivity contribution in [3.63, 3.8) is 0 Å². The largest absolute Gasteiger partial charge is 0.497 e. The normalized spacial score (nSPS) is 15.3. The zero-order valence-electron chi connectivity index (χ0n) is 21.5. The summed E-state index contributed by atoms with van der Waals surface area (Å²) in [6.07, 6.45) is 1.04. The molecule has 36 heavy (non-hydrogen) atoms. The highest BCUT2D eigenvalue weighted by atomic mass is 19.1. The number of aryl methyl sites for hydroxylation is 2. The van der Waals surface area contributed by atoms with Gasteiger partial charge in [0, 0.05) is 31.7 Å². The summed E-state index contributed by atoms with van der Waals surface area (Å²) in [6, 6.07) is 20.1. The van der Waals surface area contributed by atoms with Gasteiger partial charge in [-0.3, -0.25) is 9.80 Å². The highest BCUT2D eigenvalue weighted by Gasteiger charge is 2.20. The fourth-order valence-corrected chi connectivity index (χ4v) is 5.14. The quantitative estimate of drug-likeness (QED) is 0.343. The van der Waals surface area contributed by atoms with Gasteiger partial charge < -0.3 is 9.30 Å². The maximum absolute atomic E-state index is 14.4. The predicted octanol–water partition coefficient (Wildman–Crippen LogP) is 5.56. The first-order valence-corrected chi connectivity index (χ1v) is 12.8. The number of imidazole rings is 1. The minimum absolute atomic E-state index is 0.169. The summed E-state index contributed by atoms with van der Waals surface area (Å²) in [4.78, 5) is 9.88. The zero-order valence-corrected chi connectivity index (χ0v) is 21.5. The van der Waals surface area contributed by atoms with Crippen molar-refractivity contribution in [2.24, 2.45) is 0 Å². The average Bonchev–Trinajstić information content (AvgIpc) is 3.05. The average molecular weight is 487 g/mol. The molecule has 0 radical (unpaired) electrons. The number of ether oxygens (including phenoxy) is 1. The maximum Gasteiger partial charge on any atom is 0.127 e. The molecule has 0 amide bonds. The van der Waals surface area contributed by atoms with Crippen LogP contribution in [0.1, 0.15) is 34.5 Å². The number of fused-ring (bicyclic) bond motifs is 1. The van der Waals surface area contributed by atoms with Crippen molar-refractivity contribution in [3.05, 3.63) is 94.6 Å². The fraction of sp³-hybridized carbons (Fsp3) is 0.367. The number of hydrogen-bond acceptors (Lipinski definition) is 4. The first-order chi connectivity index (χ1) is 17.5. The van der Waals surface area contributed by atoms with Gasteiger partial charge in [-0.05, 0) is 74.8 Å². The Bertz CT molecular complexity index is 1350. The molecule has 1 fully saturated rings. The maximum atomic E-state index is 14.4. The lowest BCUT2D eigenvalue weighted by molar-refractivity contribution is 0.240. The van der Waals surface area contributed by atoms with Crippen LogP contribution >= 0.6 is 0 Å². The van der Waals surface area contributed by atoms with Gasteiger partial charge in [0.25, 0.3) is 0 Å². The van der Waals surface area contributed by atoms with Crippen LogP contribution < -0.4 is 4.74 Å². The van der Waals surface area contributed by atoms with Crippen molar-refractivity contribution >= 4 is 11.0 Å². The molecule has 0 bridgehead atoms. The molecule has 0 unspecified atom stereocenters. The second-order valence-corrected chi connectivity index (χ2v) is 9.90. The Morgan fingerprint density at radius 2 is 1.61 bits per heavy atom. The summed E-state index contributed by atoms with van der Waals surface area (Å²) in [5, 5.41) is 0. The summed E-state index contributed by atoms with van der Waals surface area (Å²) in [6.45, 7) is 10.3. The van der Waals surface area contributed by atoms with Crippen molar-refractivity contribution in [1.82, 2.24) is 19.4 Å². The second kappa shape index (κ2) is 10.8. The molecule has 0 aliphatic carbocycles. The Hall–Kier alpha value is -3.22. The van der Waals surface area contributed by atoms with Gasteiger partial charge in [-0.2, -0.15) is 0 Å². The Labute approximate surface area is 213 Å². The number of rotatable bonds is 7. The number of hydrogen-bond donors (Lipinski definition) is 0. The van der Waals surface area contributed by atoms with Crippen molar-refractivity contribution in [2.45, 2.75) is 39.9 Å². The van der Waals surface area contributed by atoms with Crippen molar-refractivity contribution in [2.75, 3.05) is 33.3 Å². The van der Waals surface area contributed by atoms with Gasteiger partial charge in [-0.1, -0.05) is 35.9 Å². The van der Waals surface area contributed by atoms with Gasteiger partial charge in [0.15, 0.2) is 0 Å². The molecule has 0 N–H and O–H groups in total. The number of methoxy groups -OCH3 is 1. The van der Waals surface area contributed by atoms with E-state index in [1.807, 2.05) is 6.07 Å². The van der Waals surface area contributed by atoms with Crippen LogP contribution in [0.15, 0.2) is 60.7 Å². The van der Waals surface area contributed by atoms with E-state index in [1.165, 1.54) is 28.3 Å². The van der Waals surface area contributed by atoms with Crippen LogP contribution in [0.5, 0.6) is 5.75 Å². The first kappa shape index (κ1) is 24.5. The second-order valence-electron chi connectivity index (χ2n) is 9.90. The standard InChI is InChI=1S/C30H35FN4O/c1-22-9-10-23(2)24(17-22)20-35-29-8-5-4-7-28(29)32-30(35)21-34-14-6-13-33(15-16-34)19-25-18-26(36-3)11-12-27(25)31/h4-5,7-12,17-18H,6,13-16,19-21H2,1-3H3. The molecule has 2 heterocycles. The molecular formula is C30H35FN4O. The van der Waals surface area contributed by atoms with Gasteiger partial charge in [0.1, 0.15) is 17.4 Å². The molecule has 5 rings (SSSR count). The summed E-state index contributed by atoms with van der Waals surface area (Å²) in [5.41, 5.74) is 6.84. The fourth-order valence-electron chi connectivity index (χ4n) is 5.14. The number of para-hydroxylation sites is 2. The van der Waals surface area contributed by atoms with Crippen LogP contribution in [0.25, 0.3) is 11.0 Å². The van der Waals surface area contributed by atoms with Gasteiger partial charge in [-0.25, -0.2) is 9.37 Å². The number of halogens is 1. The van der Waals surface area contributed by atoms with Crippen LogP contribution in [0.4, 0.5) is 4.39 Å². The number of benzene rings is 3. The molecule has 3 aromatic carbocycles. The highest BCUT2D eigenvalue weighted by Crippen LogP contribution is 2.23. The molecule has 6 heteroatoms. The molecule has 188 valence electrons. The lowest BCUT2D eigenvalue weighted by atomic mass is 10.1. The number of nitrogens with zero attached hydrogens (tertiary/aromatic N) is 4. The van der Waals surface area contributed by atoms with Crippen molar-refractivity contribution in [1.29, 1.82) is 0 Å². The van der Waals surface area contributed by atoms with Gasteiger partial charge >= 0.3 is 0 Å². The van der Waals surface area contributed by atoms with Gasteiger partial charge in [0.2, 0.25) is 0 Å². The molecule has 1 saturated heterocycles. The Kier molecular flexibility index (Phi) is 7.35. The molecule has 0 saturated carbocycles. The van der Waals surface area contributed by atoms with E-state index in [1.54, 1.807) is 13.2 Å². The van der Waals surface area contributed by atoms with E-state index in [9.17, 15) is 4.39 Å². The number of aromatic nitrogens is 2. The lowest BCUT2D eigenvalue weighted by Gasteiger charge is -2.22. The lowest BCUT2D eigenvalue weighted by Crippen LogP contribution is -2.31. The van der Waals surface area contributed by atoms with E-state index in [0.29, 0.717) is 17.9 Å². The van der Waals surface area contributed by atoms with E-state index in [0.717, 1.165) is 57.0 Å². The molecular weight excluding hydrogens is 451 g/mol. The minimum atomic E-state index is -0.169. The van der Waals surface area contributed by atoms with Crippen LogP contribution in [0.2, 0.25) is 0 Å². The molecule has 4 aromatic rings. The van der Waals surface area contributed by atoms with E-state index >= 15 is 0 Å². The summed E-state index contributed by atoms with van der Waals surface area (Å²) >= 11 is 0. The van der Waals surface area contributed by atoms with Gasteiger partial charge in [-0.15, -0.1) is 0 Å². The molecule has 0 spiro atoms. The SMILES string of the molecule is COc1ccc(F)c(CN2CCCN(Cc3nc4ccccc4n3Cc3cc(C)ccc3C)CC2)c1. The van der Waals surface area contributed by atoms with Crippen LogP contribution in [-0.4, -0.2) is 52.6 Å². The Morgan fingerprint density at radius 3 is 2.42 bits per heavy atom. The van der Waals surface area contributed by atoms with E-state index < -0.39 is 0 Å². The predicted molar refractivity (Wildman–Crippen MR) is 143 cm³/mol. The first-order valence-electron chi connectivity index (χ1n) is 12.8. The molecule has 0 atom stereocenters. The van der Waals surface area contributed by atoms with Crippen LogP contribution in [-0.2, 0) is 19.6 Å². The monoisotopic (exact) mass is 486 g/mol. The zero-order chi connectivity index (χ0) is 25.1. The van der Waals surface area contributed by atoms with Crippen molar-refractivity contribution in [3.8, 4) is 5.75 Å². The third-order valence-electron chi connectivity index (χ3n) is 7.26. The summed E-state index contributed by atoms with van der Waals surface area (Å²) in [7, 11) is 1.62. The van der Waals surface area contributed by atoms with E-state index in [2.05, 4.69) is 70.7 Å². The molecule has 5 nitrogen and oxygen atoms in total. The highest BCUT2D eigenvalue weighted by molar-refractivity contribution is 5.76. The topological polar surface area (TPSA) is 33.5 Å². The third-order valence-corrected chi connectivity index (χ3v) is 7.26.